The van der Waals surface area contributed by atoms with Crippen LogP contribution >= 0.6 is 11.5 Å². The number of amides is 1. The molecule has 1 heterocycles. The summed E-state index contributed by atoms with van der Waals surface area (Å²) in [7, 11) is 0. The average Bonchev–Trinajstić information content (AvgIpc) is 2.97. The van der Waals surface area contributed by atoms with Gasteiger partial charge in [0.2, 0.25) is 0 Å². The van der Waals surface area contributed by atoms with Gasteiger partial charge in [0.1, 0.15) is 4.88 Å². The summed E-state index contributed by atoms with van der Waals surface area (Å²) in [6.45, 7) is 4.53. The van der Waals surface area contributed by atoms with E-state index in [0.29, 0.717) is 11.4 Å². The normalized spacial score (nSPS) is 18.2. The van der Waals surface area contributed by atoms with E-state index in [1.807, 2.05) is 13.8 Å². The van der Waals surface area contributed by atoms with Crippen LogP contribution in [-0.4, -0.2) is 27.6 Å². The van der Waals surface area contributed by atoms with Crippen LogP contribution in [0.4, 0.5) is 0 Å². The summed E-state index contributed by atoms with van der Waals surface area (Å²) in [5, 5.41) is 7.14. The fraction of sp³-hybridized carbons (Fsp3) is 0.750. The number of hydrogen-bond acceptors (Lipinski definition) is 5. The van der Waals surface area contributed by atoms with Gasteiger partial charge in [0.25, 0.3) is 5.91 Å². The Morgan fingerprint density at radius 1 is 1.50 bits per heavy atom. The summed E-state index contributed by atoms with van der Waals surface area (Å²) in [5.41, 5.74) is 6.39. The van der Waals surface area contributed by atoms with Crippen LogP contribution in [0.5, 0.6) is 0 Å². The van der Waals surface area contributed by atoms with Crippen LogP contribution in [0.15, 0.2) is 0 Å². The molecule has 5 nitrogen and oxygen atoms in total. The van der Waals surface area contributed by atoms with Crippen LogP contribution in [0.1, 0.15) is 60.8 Å². The summed E-state index contributed by atoms with van der Waals surface area (Å²) >= 11 is 1.16. The molecule has 2 rings (SSSR count). The molecule has 0 atom stereocenters. The van der Waals surface area contributed by atoms with Crippen LogP contribution in [0.2, 0.25) is 0 Å². The molecule has 1 aromatic rings. The highest BCUT2D eigenvalue weighted by Gasteiger charge is 2.35. The number of nitrogens with two attached hydrogens (primary N) is 1. The zero-order chi connectivity index (χ0) is 13.2. The minimum atomic E-state index is -0.213. The Morgan fingerprint density at radius 3 is 2.72 bits per heavy atom. The lowest BCUT2D eigenvalue weighted by atomic mass is 9.97. The number of nitrogens with one attached hydrogen (secondary N) is 1. The van der Waals surface area contributed by atoms with E-state index in [1.54, 1.807) is 0 Å². The number of carbonyl (C=O) groups excluding carboxylic acids is 1. The van der Waals surface area contributed by atoms with Crippen molar-refractivity contribution in [3.05, 3.63) is 10.6 Å². The third-order valence-electron chi connectivity index (χ3n) is 3.60. The van der Waals surface area contributed by atoms with Crippen molar-refractivity contribution in [3.63, 3.8) is 0 Å². The standard InChI is InChI=1S/C12H20N4OS/c1-8(2)9-10(18-16-15-9)11(17)14-12(7-13)5-3-4-6-12/h8H,3-7,13H2,1-2H3,(H,14,17). The van der Waals surface area contributed by atoms with Crippen molar-refractivity contribution in [2.75, 3.05) is 6.54 Å². The van der Waals surface area contributed by atoms with E-state index in [9.17, 15) is 4.79 Å². The van der Waals surface area contributed by atoms with E-state index in [-0.39, 0.29) is 17.4 Å². The van der Waals surface area contributed by atoms with E-state index in [4.69, 9.17) is 5.73 Å². The van der Waals surface area contributed by atoms with Crippen molar-refractivity contribution in [2.24, 2.45) is 5.73 Å². The Morgan fingerprint density at radius 2 is 2.17 bits per heavy atom. The lowest BCUT2D eigenvalue weighted by Crippen LogP contribution is -2.51. The van der Waals surface area contributed by atoms with E-state index in [0.717, 1.165) is 42.9 Å². The van der Waals surface area contributed by atoms with Gasteiger partial charge >= 0.3 is 0 Å². The molecule has 0 unspecified atom stereocenters. The van der Waals surface area contributed by atoms with E-state index in [1.165, 1.54) is 0 Å². The highest BCUT2D eigenvalue weighted by atomic mass is 32.1. The van der Waals surface area contributed by atoms with Crippen molar-refractivity contribution in [1.29, 1.82) is 0 Å². The predicted molar refractivity (Wildman–Crippen MR) is 71.7 cm³/mol. The lowest BCUT2D eigenvalue weighted by Gasteiger charge is -2.28. The van der Waals surface area contributed by atoms with Crippen LogP contribution in [-0.2, 0) is 0 Å². The molecule has 0 radical (unpaired) electrons. The zero-order valence-corrected chi connectivity index (χ0v) is 11.7. The summed E-state index contributed by atoms with van der Waals surface area (Å²) < 4.78 is 3.89. The largest absolute Gasteiger partial charge is 0.345 e. The van der Waals surface area contributed by atoms with Crippen molar-refractivity contribution in [2.45, 2.75) is 51.0 Å². The van der Waals surface area contributed by atoms with Gasteiger partial charge in [0.15, 0.2) is 0 Å². The Balaban J connectivity index is 2.14. The summed E-state index contributed by atoms with van der Waals surface area (Å²) in [5.74, 6) is 0.142. The summed E-state index contributed by atoms with van der Waals surface area (Å²) in [6.07, 6.45) is 4.21. The molecule has 18 heavy (non-hydrogen) atoms. The quantitative estimate of drug-likeness (QED) is 0.870. The molecule has 1 amide bonds. The third-order valence-corrected chi connectivity index (χ3v) is 4.34. The molecule has 0 aliphatic heterocycles. The first-order valence-electron chi connectivity index (χ1n) is 6.43. The first-order chi connectivity index (χ1) is 8.58. The lowest BCUT2D eigenvalue weighted by molar-refractivity contribution is 0.0906. The fourth-order valence-electron chi connectivity index (χ4n) is 2.46. The molecule has 0 aromatic carbocycles. The predicted octanol–water partition coefficient (Wildman–Crippen LogP) is 1.66. The third kappa shape index (κ3) is 2.54. The maximum atomic E-state index is 12.3. The van der Waals surface area contributed by atoms with Crippen LogP contribution in [0, 0.1) is 0 Å². The molecule has 1 saturated carbocycles. The minimum Gasteiger partial charge on any atom is -0.345 e. The molecule has 0 saturated heterocycles. The fourth-order valence-corrected chi connectivity index (χ4v) is 3.18. The second-order valence-electron chi connectivity index (χ2n) is 5.29. The van der Waals surface area contributed by atoms with Gasteiger partial charge in [-0.15, -0.1) is 5.10 Å². The van der Waals surface area contributed by atoms with E-state index < -0.39 is 0 Å². The van der Waals surface area contributed by atoms with Gasteiger partial charge in [0, 0.05) is 6.54 Å². The maximum absolute atomic E-state index is 12.3. The van der Waals surface area contributed by atoms with Crippen molar-refractivity contribution in [3.8, 4) is 0 Å². The molecule has 0 spiro atoms. The molecule has 3 N–H and O–H groups in total. The monoisotopic (exact) mass is 268 g/mol. The minimum absolute atomic E-state index is 0.0685. The van der Waals surface area contributed by atoms with E-state index >= 15 is 0 Å². The first-order valence-corrected chi connectivity index (χ1v) is 7.20. The Hall–Kier alpha value is -1.01. The van der Waals surface area contributed by atoms with Gasteiger partial charge in [-0.3, -0.25) is 4.79 Å². The highest BCUT2D eigenvalue weighted by molar-refractivity contribution is 7.08. The maximum Gasteiger partial charge on any atom is 0.265 e. The molecule has 6 heteroatoms. The summed E-state index contributed by atoms with van der Waals surface area (Å²) in [4.78, 5) is 12.9. The molecular formula is C12H20N4OS. The number of rotatable bonds is 4. The molecular weight excluding hydrogens is 248 g/mol. The average molecular weight is 268 g/mol. The number of hydrogen-bond donors (Lipinski definition) is 2. The topological polar surface area (TPSA) is 80.9 Å². The van der Waals surface area contributed by atoms with Gasteiger partial charge in [-0.1, -0.05) is 31.2 Å². The smallest absolute Gasteiger partial charge is 0.265 e. The second kappa shape index (κ2) is 5.32. The number of aromatic nitrogens is 2. The zero-order valence-electron chi connectivity index (χ0n) is 10.9. The molecule has 100 valence electrons. The molecule has 1 aliphatic carbocycles. The summed E-state index contributed by atoms with van der Waals surface area (Å²) in [6, 6.07) is 0. The SMILES string of the molecule is CC(C)c1nnsc1C(=O)NC1(CN)CCCC1. The van der Waals surface area contributed by atoms with Crippen molar-refractivity contribution in [1.82, 2.24) is 14.9 Å². The van der Waals surface area contributed by atoms with Gasteiger partial charge in [-0.05, 0) is 30.3 Å². The highest BCUT2D eigenvalue weighted by Crippen LogP contribution is 2.29. The molecule has 0 bridgehead atoms. The second-order valence-corrected chi connectivity index (χ2v) is 6.04. The molecule has 1 aliphatic rings. The van der Waals surface area contributed by atoms with Gasteiger partial charge in [-0.2, -0.15) is 0 Å². The molecule has 1 aromatic heterocycles. The van der Waals surface area contributed by atoms with E-state index in [2.05, 4.69) is 14.9 Å². The number of carbonyl (C=O) groups is 1. The Labute approximate surface area is 111 Å². The van der Waals surface area contributed by atoms with Crippen LogP contribution < -0.4 is 11.1 Å². The van der Waals surface area contributed by atoms with Crippen molar-refractivity contribution < 1.29 is 4.79 Å². The Bertz CT molecular complexity index is 423. The first kappa shape index (κ1) is 13.4. The number of nitrogens with zero attached hydrogens (tertiary/aromatic N) is 2. The van der Waals surface area contributed by atoms with Crippen LogP contribution in [0.3, 0.4) is 0 Å². The van der Waals surface area contributed by atoms with Gasteiger partial charge in [-0.25, -0.2) is 0 Å². The van der Waals surface area contributed by atoms with Gasteiger partial charge in [0.05, 0.1) is 11.2 Å². The van der Waals surface area contributed by atoms with Crippen molar-refractivity contribution >= 4 is 17.4 Å². The molecule has 1 fully saturated rings. The Kier molecular flexibility index (Phi) is 3.97. The van der Waals surface area contributed by atoms with Gasteiger partial charge < -0.3 is 11.1 Å². The van der Waals surface area contributed by atoms with Crippen LogP contribution in [0.25, 0.3) is 0 Å².